The summed E-state index contributed by atoms with van der Waals surface area (Å²) >= 11 is 0. The molecule has 1 fully saturated rings. The molecule has 8 nitrogen and oxygen atoms in total. The van der Waals surface area contributed by atoms with Gasteiger partial charge >= 0.3 is 0 Å². The van der Waals surface area contributed by atoms with Crippen LogP contribution in [-0.2, 0) is 6.42 Å². The van der Waals surface area contributed by atoms with Gasteiger partial charge in [0.1, 0.15) is 5.76 Å². The van der Waals surface area contributed by atoms with Crippen molar-refractivity contribution in [3.63, 3.8) is 0 Å². The number of nitrogens with one attached hydrogen (secondary N) is 1. The van der Waals surface area contributed by atoms with E-state index in [9.17, 15) is 4.79 Å². The molecular weight excluding hydrogens is 370 g/mol. The first-order chi connectivity index (χ1) is 14.3. The van der Waals surface area contributed by atoms with Crippen molar-refractivity contribution in [2.45, 2.75) is 25.2 Å². The van der Waals surface area contributed by atoms with Gasteiger partial charge in [0.05, 0.1) is 6.42 Å². The van der Waals surface area contributed by atoms with Crippen molar-refractivity contribution < 1.29 is 13.8 Å². The summed E-state index contributed by atoms with van der Waals surface area (Å²) in [7, 11) is 0. The zero-order valence-corrected chi connectivity index (χ0v) is 15.4. The lowest BCUT2D eigenvalue weighted by molar-refractivity contribution is 0.101. The quantitative estimate of drug-likeness (QED) is 0.535. The van der Waals surface area contributed by atoms with E-state index in [-0.39, 0.29) is 11.6 Å². The van der Waals surface area contributed by atoms with Gasteiger partial charge in [0, 0.05) is 35.6 Å². The Morgan fingerprint density at radius 3 is 2.83 bits per heavy atom. The molecule has 1 amide bonds. The number of amides is 1. The van der Waals surface area contributed by atoms with Crippen LogP contribution in [0.5, 0.6) is 0 Å². The predicted molar refractivity (Wildman–Crippen MR) is 103 cm³/mol. The highest BCUT2D eigenvalue weighted by molar-refractivity contribution is 6.03. The number of aromatic nitrogens is 4. The SMILES string of the molecule is O=C(Nc1ccccc1Cc1nc(-c2cccnc2)no1)c1cc(C2CC2)on1. The van der Waals surface area contributed by atoms with E-state index in [2.05, 4.69) is 25.6 Å². The second kappa shape index (κ2) is 7.31. The largest absolute Gasteiger partial charge is 0.360 e. The van der Waals surface area contributed by atoms with Crippen molar-refractivity contribution in [1.82, 2.24) is 20.3 Å². The maximum absolute atomic E-state index is 12.6. The fourth-order valence-electron chi connectivity index (χ4n) is 3.04. The van der Waals surface area contributed by atoms with Crippen LogP contribution in [0.4, 0.5) is 5.69 Å². The molecule has 29 heavy (non-hydrogen) atoms. The Morgan fingerprint density at radius 1 is 1.10 bits per heavy atom. The van der Waals surface area contributed by atoms with Gasteiger partial charge in [-0.25, -0.2) is 0 Å². The summed E-state index contributed by atoms with van der Waals surface area (Å²) in [5, 5.41) is 10.8. The number of hydrogen-bond acceptors (Lipinski definition) is 7. The number of carbonyl (C=O) groups excluding carboxylic acids is 1. The van der Waals surface area contributed by atoms with Gasteiger partial charge in [0.25, 0.3) is 5.91 Å². The van der Waals surface area contributed by atoms with Crippen molar-refractivity contribution >= 4 is 11.6 Å². The lowest BCUT2D eigenvalue weighted by atomic mass is 10.1. The van der Waals surface area contributed by atoms with E-state index in [0.29, 0.717) is 29.7 Å². The van der Waals surface area contributed by atoms with Crippen LogP contribution in [-0.4, -0.2) is 26.2 Å². The van der Waals surface area contributed by atoms with Crippen LogP contribution in [0.3, 0.4) is 0 Å². The number of hydrogen-bond donors (Lipinski definition) is 1. The Kier molecular flexibility index (Phi) is 4.36. The average molecular weight is 387 g/mol. The Balaban J connectivity index is 1.33. The van der Waals surface area contributed by atoms with Crippen LogP contribution in [0.1, 0.15) is 46.5 Å². The van der Waals surface area contributed by atoms with Crippen LogP contribution in [0.25, 0.3) is 11.4 Å². The topological polar surface area (TPSA) is 107 Å². The number of carbonyl (C=O) groups is 1. The monoisotopic (exact) mass is 387 g/mol. The minimum absolute atomic E-state index is 0.276. The zero-order valence-electron chi connectivity index (χ0n) is 15.4. The molecule has 0 radical (unpaired) electrons. The van der Waals surface area contributed by atoms with E-state index in [1.165, 1.54) is 0 Å². The molecule has 3 heterocycles. The van der Waals surface area contributed by atoms with Crippen molar-refractivity contribution in [3.8, 4) is 11.4 Å². The molecule has 0 unspecified atom stereocenters. The van der Waals surface area contributed by atoms with E-state index in [1.54, 1.807) is 18.5 Å². The van der Waals surface area contributed by atoms with E-state index in [4.69, 9.17) is 9.05 Å². The number of pyridine rings is 1. The molecule has 0 saturated heterocycles. The normalized spacial score (nSPS) is 13.4. The Bertz CT molecular complexity index is 1150. The molecule has 0 atom stereocenters. The van der Waals surface area contributed by atoms with Crippen molar-refractivity contribution in [3.05, 3.63) is 77.8 Å². The van der Waals surface area contributed by atoms with E-state index < -0.39 is 0 Å². The first kappa shape index (κ1) is 17.3. The molecule has 4 aromatic rings. The number of para-hydroxylation sites is 1. The maximum Gasteiger partial charge on any atom is 0.277 e. The van der Waals surface area contributed by atoms with Gasteiger partial charge in [-0.3, -0.25) is 9.78 Å². The minimum Gasteiger partial charge on any atom is -0.360 e. The standard InChI is InChI=1S/C21H17N5O3/c27-21(17-11-18(28-25-17)13-7-8-13)23-16-6-2-1-4-14(16)10-19-24-20(26-29-19)15-5-3-9-22-12-15/h1-6,9,11-13H,7-8,10H2,(H,23,27). The highest BCUT2D eigenvalue weighted by Gasteiger charge is 2.29. The third kappa shape index (κ3) is 3.77. The summed E-state index contributed by atoms with van der Waals surface area (Å²) in [6.45, 7) is 0. The Morgan fingerprint density at radius 2 is 2.00 bits per heavy atom. The Hall–Kier alpha value is -3.81. The molecule has 1 aliphatic rings. The van der Waals surface area contributed by atoms with Gasteiger partial charge in [-0.1, -0.05) is 28.5 Å². The summed E-state index contributed by atoms with van der Waals surface area (Å²) in [6.07, 6.45) is 5.92. The highest BCUT2D eigenvalue weighted by Crippen LogP contribution is 2.40. The predicted octanol–water partition coefficient (Wildman–Crippen LogP) is 3.84. The summed E-state index contributed by atoms with van der Waals surface area (Å²) < 4.78 is 10.6. The van der Waals surface area contributed by atoms with Gasteiger partial charge in [-0.05, 0) is 36.6 Å². The van der Waals surface area contributed by atoms with Crippen LogP contribution >= 0.6 is 0 Å². The summed E-state index contributed by atoms with van der Waals surface area (Å²) in [6, 6.07) is 12.9. The zero-order chi connectivity index (χ0) is 19.6. The first-order valence-corrected chi connectivity index (χ1v) is 9.35. The van der Waals surface area contributed by atoms with Crippen LogP contribution in [0.15, 0.2) is 63.9 Å². The maximum atomic E-state index is 12.6. The molecule has 5 rings (SSSR count). The molecule has 1 aromatic carbocycles. The molecule has 1 aliphatic carbocycles. The van der Waals surface area contributed by atoms with Crippen LogP contribution < -0.4 is 5.32 Å². The molecule has 8 heteroatoms. The number of rotatable bonds is 6. The number of benzene rings is 1. The fraction of sp³-hybridized carbons (Fsp3) is 0.190. The fourth-order valence-corrected chi connectivity index (χ4v) is 3.04. The number of nitrogens with zero attached hydrogens (tertiary/aromatic N) is 4. The third-order valence-electron chi connectivity index (χ3n) is 4.74. The lowest BCUT2D eigenvalue weighted by Gasteiger charge is -2.08. The third-order valence-corrected chi connectivity index (χ3v) is 4.74. The Labute approximate surface area is 166 Å². The van der Waals surface area contributed by atoms with Gasteiger partial charge in [0.15, 0.2) is 5.69 Å². The number of anilines is 1. The molecule has 3 aromatic heterocycles. The molecule has 1 saturated carbocycles. The van der Waals surface area contributed by atoms with Crippen molar-refractivity contribution in [1.29, 1.82) is 0 Å². The summed E-state index contributed by atoms with van der Waals surface area (Å²) in [5.74, 6) is 1.79. The van der Waals surface area contributed by atoms with Gasteiger partial charge in [-0.2, -0.15) is 4.98 Å². The van der Waals surface area contributed by atoms with Crippen molar-refractivity contribution in [2.24, 2.45) is 0 Å². The molecular formula is C21H17N5O3. The summed E-state index contributed by atoms with van der Waals surface area (Å²) in [4.78, 5) is 21.1. The lowest BCUT2D eigenvalue weighted by Crippen LogP contribution is -2.13. The highest BCUT2D eigenvalue weighted by atomic mass is 16.5. The van der Waals surface area contributed by atoms with Gasteiger partial charge < -0.3 is 14.4 Å². The van der Waals surface area contributed by atoms with Crippen LogP contribution in [0, 0.1) is 0 Å². The van der Waals surface area contributed by atoms with Crippen molar-refractivity contribution in [2.75, 3.05) is 5.32 Å². The second-order valence-corrected chi connectivity index (χ2v) is 6.93. The molecule has 0 spiro atoms. The molecule has 1 N–H and O–H groups in total. The van der Waals surface area contributed by atoms with Crippen LogP contribution in [0.2, 0.25) is 0 Å². The first-order valence-electron chi connectivity index (χ1n) is 9.35. The van der Waals surface area contributed by atoms with E-state index >= 15 is 0 Å². The molecule has 144 valence electrons. The van der Waals surface area contributed by atoms with Gasteiger partial charge in [0.2, 0.25) is 11.7 Å². The molecule has 0 bridgehead atoms. The second-order valence-electron chi connectivity index (χ2n) is 6.93. The molecule has 0 aliphatic heterocycles. The summed E-state index contributed by atoms with van der Waals surface area (Å²) in [5.41, 5.74) is 2.57. The smallest absolute Gasteiger partial charge is 0.277 e. The van der Waals surface area contributed by atoms with Gasteiger partial charge in [-0.15, -0.1) is 0 Å². The average Bonchev–Trinajstić information content (AvgIpc) is 3.29. The van der Waals surface area contributed by atoms with E-state index in [0.717, 1.165) is 29.7 Å². The van der Waals surface area contributed by atoms with E-state index in [1.807, 2.05) is 36.4 Å². The minimum atomic E-state index is -0.310.